The fraction of sp³-hybridized carbons (Fsp3) is 0.471. The van der Waals surface area contributed by atoms with E-state index in [4.69, 9.17) is 4.74 Å². The van der Waals surface area contributed by atoms with Crippen LogP contribution >= 0.6 is 0 Å². The minimum absolute atomic E-state index is 0.0364. The van der Waals surface area contributed by atoms with Gasteiger partial charge in [-0.2, -0.15) is 5.10 Å². The Morgan fingerprint density at radius 1 is 1.35 bits per heavy atom. The Kier molecular flexibility index (Phi) is 6.29. The number of benzene rings is 1. The maximum atomic E-state index is 11.9. The molecule has 0 saturated carbocycles. The molecule has 0 aromatic heterocycles. The number of ether oxygens (including phenoxy) is 1. The van der Waals surface area contributed by atoms with Crippen LogP contribution in [0.1, 0.15) is 37.9 Å². The molecular formula is C17H23N3O3. The number of amides is 2. The molecule has 124 valence electrons. The van der Waals surface area contributed by atoms with E-state index in [-0.39, 0.29) is 17.9 Å². The summed E-state index contributed by atoms with van der Waals surface area (Å²) in [5.74, 6) is -0.273. The van der Waals surface area contributed by atoms with E-state index in [0.717, 1.165) is 12.0 Å². The lowest BCUT2D eigenvalue weighted by Crippen LogP contribution is -2.38. The molecule has 1 aromatic carbocycles. The Morgan fingerprint density at radius 2 is 2.09 bits per heavy atom. The largest absolute Gasteiger partial charge is 0.374 e. The van der Waals surface area contributed by atoms with Crippen LogP contribution in [0, 0.1) is 0 Å². The molecule has 0 aliphatic carbocycles. The predicted octanol–water partition coefficient (Wildman–Crippen LogP) is 1.88. The number of carbonyl (C=O) groups excluding carboxylic acids is 2. The number of hydrogen-bond acceptors (Lipinski definition) is 4. The fourth-order valence-corrected chi connectivity index (χ4v) is 2.29. The van der Waals surface area contributed by atoms with Gasteiger partial charge in [0.05, 0.1) is 6.10 Å². The molecule has 1 aromatic rings. The van der Waals surface area contributed by atoms with E-state index in [0.29, 0.717) is 31.7 Å². The maximum Gasteiger partial charge on any atom is 0.267 e. The molecule has 6 heteroatoms. The van der Waals surface area contributed by atoms with Gasteiger partial charge in [-0.05, 0) is 18.9 Å². The smallest absolute Gasteiger partial charge is 0.267 e. The van der Waals surface area contributed by atoms with Crippen molar-refractivity contribution in [3.05, 3.63) is 35.9 Å². The van der Waals surface area contributed by atoms with Crippen LogP contribution in [0.2, 0.25) is 0 Å². The van der Waals surface area contributed by atoms with Crippen LogP contribution in [0.3, 0.4) is 0 Å². The predicted molar refractivity (Wildman–Crippen MR) is 87.9 cm³/mol. The quantitative estimate of drug-likeness (QED) is 0.781. The van der Waals surface area contributed by atoms with Gasteiger partial charge < -0.3 is 10.1 Å². The van der Waals surface area contributed by atoms with Gasteiger partial charge in [0.1, 0.15) is 5.71 Å². The molecule has 1 heterocycles. The van der Waals surface area contributed by atoms with Crippen LogP contribution in [-0.4, -0.2) is 42.7 Å². The van der Waals surface area contributed by atoms with E-state index in [2.05, 4.69) is 10.4 Å². The second kappa shape index (κ2) is 8.43. The summed E-state index contributed by atoms with van der Waals surface area (Å²) in [6.07, 6.45) is 1.50. The number of hydrogen-bond donors (Lipinski definition) is 1. The highest BCUT2D eigenvalue weighted by atomic mass is 16.5. The van der Waals surface area contributed by atoms with Crippen molar-refractivity contribution in [3.63, 3.8) is 0 Å². The highest BCUT2D eigenvalue weighted by molar-refractivity contribution is 6.39. The van der Waals surface area contributed by atoms with Gasteiger partial charge in [0, 0.05) is 33.0 Å². The summed E-state index contributed by atoms with van der Waals surface area (Å²) >= 11 is 0. The number of hydrazone groups is 1. The summed E-state index contributed by atoms with van der Waals surface area (Å²) < 4.78 is 5.75. The van der Waals surface area contributed by atoms with Crippen LogP contribution in [0.4, 0.5) is 0 Å². The fourth-order valence-electron chi connectivity index (χ4n) is 2.29. The van der Waals surface area contributed by atoms with Gasteiger partial charge in [-0.1, -0.05) is 30.3 Å². The van der Waals surface area contributed by atoms with Crippen molar-refractivity contribution in [1.29, 1.82) is 0 Å². The first-order valence-corrected chi connectivity index (χ1v) is 7.86. The molecule has 0 spiro atoms. The molecule has 0 radical (unpaired) electrons. The third kappa shape index (κ3) is 5.17. The third-order valence-corrected chi connectivity index (χ3v) is 3.71. The van der Waals surface area contributed by atoms with Crippen LogP contribution in [0.25, 0.3) is 0 Å². The second-order valence-electron chi connectivity index (χ2n) is 5.50. The van der Waals surface area contributed by atoms with Gasteiger partial charge in [-0.15, -0.1) is 0 Å². The Morgan fingerprint density at radius 3 is 2.78 bits per heavy atom. The minimum Gasteiger partial charge on any atom is -0.374 e. The molecule has 6 nitrogen and oxygen atoms in total. The number of carbonyl (C=O) groups is 2. The Balaban J connectivity index is 1.65. The van der Waals surface area contributed by atoms with Crippen molar-refractivity contribution in [2.75, 3.05) is 20.2 Å². The molecule has 0 fully saturated rings. The molecule has 1 aliphatic heterocycles. The molecule has 1 unspecified atom stereocenters. The standard InChI is InChI=1S/C17H23N3O3/c1-13(14-7-4-3-5-8-14)23-12-6-11-18-17(22)15-9-10-16(21)20(2)19-15/h3-5,7-8,13H,6,9-12H2,1-2H3,(H,18,22). The summed E-state index contributed by atoms with van der Waals surface area (Å²) in [6, 6.07) is 10.0. The molecule has 1 N–H and O–H groups in total. The highest BCUT2D eigenvalue weighted by Crippen LogP contribution is 2.15. The van der Waals surface area contributed by atoms with Crippen LogP contribution in [-0.2, 0) is 14.3 Å². The molecule has 23 heavy (non-hydrogen) atoms. The van der Waals surface area contributed by atoms with Crippen molar-refractivity contribution in [2.24, 2.45) is 5.10 Å². The second-order valence-corrected chi connectivity index (χ2v) is 5.50. The van der Waals surface area contributed by atoms with Crippen molar-refractivity contribution in [3.8, 4) is 0 Å². The van der Waals surface area contributed by atoms with Gasteiger partial charge in [0.25, 0.3) is 5.91 Å². The molecule has 2 rings (SSSR count). The van der Waals surface area contributed by atoms with Crippen LogP contribution in [0.15, 0.2) is 35.4 Å². The summed E-state index contributed by atoms with van der Waals surface area (Å²) in [7, 11) is 1.56. The summed E-state index contributed by atoms with van der Waals surface area (Å²) in [5.41, 5.74) is 1.55. The first kappa shape index (κ1) is 17.1. The van der Waals surface area contributed by atoms with E-state index in [9.17, 15) is 9.59 Å². The molecule has 0 saturated heterocycles. The third-order valence-electron chi connectivity index (χ3n) is 3.71. The van der Waals surface area contributed by atoms with E-state index in [1.165, 1.54) is 5.01 Å². The van der Waals surface area contributed by atoms with Crippen molar-refractivity contribution in [2.45, 2.75) is 32.3 Å². The van der Waals surface area contributed by atoms with Crippen LogP contribution in [0.5, 0.6) is 0 Å². The SMILES string of the molecule is CC(OCCCNC(=O)C1=NN(C)C(=O)CC1)c1ccccc1. The van der Waals surface area contributed by atoms with Gasteiger partial charge >= 0.3 is 0 Å². The van der Waals surface area contributed by atoms with Gasteiger partial charge in [0.2, 0.25) is 5.91 Å². The first-order valence-electron chi connectivity index (χ1n) is 7.86. The lowest BCUT2D eigenvalue weighted by Gasteiger charge is -2.19. The van der Waals surface area contributed by atoms with E-state index >= 15 is 0 Å². The monoisotopic (exact) mass is 317 g/mol. The minimum atomic E-state index is -0.208. The number of nitrogens with zero attached hydrogens (tertiary/aromatic N) is 2. The normalized spacial score (nSPS) is 16.0. The van der Waals surface area contributed by atoms with Crippen LogP contribution < -0.4 is 5.32 Å². The topological polar surface area (TPSA) is 71.0 Å². The average Bonchev–Trinajstić information content (AvgIpc) is 2.57. The molecule has 2 amide bonds. The van der Waals surface area contributed by atoms with E-state index in [1.807, 2.05) is 37.3 Å². The van der Waals surface area contributed by atoms with Crippen molar-refractivity contribution >= 4 is 17.5 Å². The van der Waals surface area contributed by atoms with E-state index in [1.54, 1.807) is 7.05 Å². The lowest BCUT2D eigenvalue weighted by atomic mass is 10.1. The van der Waals surface area contributed by atoms with E-state index < -0.39 is 0 Å². The van der Waals surface area contributed by atoms with Gasteiger partial charge in [0.15, 0.2) is 0 Å². The van der Waals surface area contributed by atoms with Gasteiger partial charge in [-0.3, -0.25) is 9.59 Å². The Labute approximate surface area is 136 Å². The Hall–Kier alpha value is -2.21. The van der Waals surface area contributed by atoms with Crippen molar-refractivity contribution < 1.29 is 14.3 Å². The number of nitrogens with one attached hydrogen (secondary N) is 1. The average molecular weight is 317 g/mol. The zero-order valence-corrected chi connectivity index (χ0v) is 13.6. The summed E-state index contributed by atoms with van der Waals surface area (Å²) in [6.45, 7) is 3.11. The lowest BCUT2D eigenvalue weighted by molar-refractivity contribution is -0.130. The highest BCUT2D eigenvalue weighted by Gasteiger charge is 2.21. The Bertz CT molecular complexity index is 572. The maximum absolute atomic E-state index is 11.9. The zero-order chi connectivity index (χ0) is 16.7. The first-order chi connectivity index (χ1) is 11.1. The number of rotatable bonds is 7. The molecular weight excluding hydrogens is 294 g/mol. The van der Waals surface area contributed by atoms with Crippen molar-refractivity contribution in [1.82, 2.24) is 10.3 Å². The zero-order valence-electron chi connectivity index (χ0n) is 13.6. The van der Waals surface area contributed by atoms with Gasteiger partial charge in [-0.25, -0.2) is 5.01 Å². The molecule has 1 atom stereocenters. The summed E-state index contributed by atoms with van der Waals surface area (Å²) in [4.78, 5) is 23.3. The molecule has 0 bridgehead atoms. The molecule has 1 aliphatic rings. The summed E-state index contributed by atoms with van der Waals surface area (Å²) in [5, 5.41) is 8.03.